The zero-order valence-corrected chi connectivity index (χ0v) is 8.54. The Bertz CT molecular complexity index is 281. The van der Waals surface area contributed by atoms with Crippen LogP contribution in [0.15, 0.2) is 12.3 Å². The molecule has 0 bridgehead atoms. The summed E-state index contributed by atoms with van der Waals surface area (Å²) in [5.74, 6) is 1.03. The standard InChI is InChI=1S/C10H17N3/c1-8-6-9(4-5-11)7-12-10(8)13(2)3/h6-7H,4-5,11H2,1-3H3. The van der Waals surface area contributed by atoms with Gasteiger partial charge in [-0.25, -0.2) is 4.98 Å². The molecule has 0 aliphatic carbocycles. The Labute approximate surface area is 79.6 Å². The van der Waals surface area contributed by atoms with Gasteiger partial charge in [0.15, 0.2) is 0 Å². The molecule has 0 radical (unpaired) electrons. The van der Waals surface area contributed by atoms with Gasteiger partial charge in [0.25, 0.3) is 0 Å². The summed E-state index contributed by atoms with van der Waals surface area (Å²) in [7, 11) is 4.00. The number of hydrogen-bond donors (Lipinski definition) is 1. The van der Waals surface area contributed by atoms with Gasteiger partial charge in [-0.3, -0.25) is 0 Å². The van der Waals surface area contributed by atoms with Crippen molar-refractivity contribution in [3.05, 3.63) is 23.4 Å². The second-order valence-corrected chi connectivity index (χ2v) is 3.42. The molecule has 0 unspecified atom stereocenters. The summed E-state index contributed by atoms with van der Waals surface area (Å²) in [5, 5.41) is 0. The lowest BCUT2D eigenvalue weighted by Gasteiger charge is -2.14. The fraction of sp³-hybridized carbons (Fsp3) is 0.500. The normalized spacial score (nSPS) is 10.2. The highest BCUT2D eigenvalue weighted by Gasteiger charge is 2.02. The van der Waals surface area contributed by atoms with E-state index in [1.807, 2.05) is 25.2 Å². The molecule has 0 atom stereocenters. The quantitative estimate of drug-likeness (QED) is 0.751. The Morgan fingerprint density at radius 3 is 2.62 bits per heavy atom. The van der Waals surface area contributed by atoms with Crippen molar-refractivity contribution in [3.63, 3.8) is 0 Å². The van der Waals surface area contributed by atoms with Crippen molar-refractivity contribution < 1.29 is 0 Å². The lowest BCUT2D eigenvalue weighted by molar-refractivity contribution is 0.946. The first-order chi connectivity index (χ1) is 6.15. The zero-order valence-electron chi connectivity index (χ0n) is 8.54. The molecule has 0 aliphatic heterocycles. The van der Waals surface area contributed by atoms with Crippen LogP contribution in [-0.4, -0.2) is 25.6 Å². The smallest absolute Gasteiger partial charge is 0.130 e. The molecule has 0 aliphatic rings. The highest BCUT2D eigenvalue weighted by Crippen LogP contribution is 2.15. The largest absolute Gasteiger partial charge is 0.363 e. The summed E-state index contributed by atoms with van der Waals surface area (Å²) in [5.41, 5.74) is 7.89. The van der Waals surface area contributed by atoms with Gasteiger partial charge in [0, 0.05) is 20.3 Å². The van der Waals surface area contributed by atoms with Gasteiger partial charge in [0.1, 0.15) is 5.82 Å². The minimum Gasteiger partial charge on any atom is -0.363 e. The van der Waals surface area contributed by atoms with Gasteiger partial charge in [-0.1, -0.05) is 6.07 Å². The number of hydrogen-bond acceptors (Lipinski definition) is 3. The van der Waals surface area contributed by atoms with Gasteiger partial charge in [0.05, 0.1) is 0 Å². The maximum Gasteiger partial charge on any atom is 0.130 e. The van der Waals surface area contributed by atoms with Crippen LogP contribution in [0, 0.1) is 6.92 Å². The van der Waals surface area contributed by atoms with Crippen molar-refractivity contribution in [1.29, 1.82) is 0 Å². The summed E-state index contributed by atoms with van der Waals surface area (Å²) in [6.07, 6.45) is 2.80. The van der Waals surface area contributed by atoms with Crippen LogP contribution in [0.4, 0.5) is 5.82 Å². The SMILES string of the molecule is Cc1cc(CCN)cnc1N(C)C. The van der Waals surface area contributed by atoms with Gasteiger partial charge < -0.3 is 10.6 Å². The molecule has 0 aromatic carbocycles. The minimum atomic E-state index is 0.683. The summed E-state index contributed by atoms with van der Waals surface area (Å²) >= 11 is 0. The second kappa shape index (κ2) is 4.23. The third-order valence-corrected chi connectivity index (χ3v) is 1.96. The Morgan fingerprint density at radius 1 is 1.46 bits per heavy atom. The number of rotatable bonds is 3. The Morgan fingerprint density at radius 2 is 2.15 bits per heavy atom. The average molecular weight is 179 g/mol. The molecule has 1 heterocycles. The van der Waals surface area contributed by atoms with Crippen molar-refractivity contribution in [3.8, 4) is 0 Å². The van der Waals surface area contributed by atoms with Crippen LogP contribution in [-0.2, 0) is 6.42 Å². The van der Waals surface area contributed by atoms with E-state index in [0.717, 1.165) is 12.2 Å². The maximum absolute atomic E-state index is 5.47. The Kier molecular flexibility index (Phi) is 3.25. The topological polar surface area (TPSA) is 42.1 Å². The molecule has 0 spiro atoms. The molecule has 0 amide bonds. The van der Waals surface area contributed by atoms with Crippen LogP contribution >= 0.6 is 0 Å². The van der Waals surface area contributed by atoms with E-state index in [2.05, 4.69) is 18.0 Å². The van der Waals surface area contributed by atoms with Crippen molar-refractivity contribution in [1.82, 2.24) is 4.98 Å². The lowest BCUT2D eigenvalue weighted by atomic mass is 10.1. The lowest BCUT2D eigenvalue weighted by Crippen LogP contribution is -2.13. The first-order valence-corrected chi connectivity index (χ1v) is 4.48. The highest BCUT2D eigenvalue weighted by atomic mass is 15.1. The van der Waals surface area contributed by atoms with Gasteiger partial charge in [-0.15, -0.1) is 0 Å². The molecule has 72 valence electrons. The average Bonchev–Trinajstić information content (AvgIpc) is 2.04. The molecule has 2 N–H and O–H groups in total. The van der Waals surface area contributed by atoms with Crippen molar-refractivity contribution >= 4 is 5.82 Å². The van der Waals surface area contributed by atoms with Crippen LogP contribution in [0.2, 0.25) is 0 Å². The van der Waals surface area contributed by atoms with Crippen LogP contribution in [0.1, 0.15) is 11.1 Å². The number of anilines is 1. The van der Waals surface area contributed by atoms with Crippen LogP contribution in [0.25, 0.3) is 0 Å². The van der Waals surface area contributed by atoms with E-state index >= 15 is 0 Å². The van der Waals surface area contributed by atoms with Crippen LogP contribution in [0.3, 0.4) is 0 Å². The van der Waals surface area contributed by atoms with Gasteiger partial charge in [-0.2, -0.15) is 0 Å². The highest BCUT2D eigenvalue weighted by molar-refractivity contribution is 5.45. The second-order valence-electron chi connectivity index (χ2n) is 3.42. The van der Waals surface area contributed by atoms with Crippen LogP contribution < -0.4 is 10.6 Å². The first kappa shape index (κ1) is 9.99. The van der Waals surface area contributed by atoms with Gasteiger partial charge in [0.2, 0.25) is 0 Å². The van der Waals surface area contributed by atoms with Crippen molar-refractivity contribution in [2.75, 3.05) is 25.5 Å². The fourth-order valence-corrected chi connectivity index (χ4v) is 1.40. The van der Waals surface area contributed by atoms with E-state index in [1.165, 1.54) is 11.1 Å². The van der Waals surface area contributed by atoms with E-state index in [9.17, 15) is 0 Å². The minimum absolute atomic E-state index is 0.683. The third-order valence-electron chi connectivity index (χ3n) is 1.96. The number of aromatic nitrogens is 1. The predicted octanol–water partition coefficient (Wildman–Crippen LogP) is 0.957. The molecule has 0 saturated carbocycles. The van der Waals surface area contributed by atoms with E-state index < -0.39 is 0 Å². The molecule has 0 saturated heterocycles. The number of aryl methyl sites for hydroxylation is 1. The molecule has 3 nitrogen and oxygen atoms in total. The van der Waals surface area contributed by atoms with Gasteiger partial charge >= 0.3 is 0 Å². The Balaban J connectivity index is 2.92. The van der Waals surface area contributed by atoms with E-state index in [0.29, 0.717) is 6.54 Å². The van der Waals surface area contributed by atoms with Gasteiger partial charge in [-0.05, 0) is 31.0 Å². The molecular formula is C10H17N3. The molecule has 3 heteroatoms. The summed E-state index contributed by atoms with van der Waals surface area (Å²) in [4.78, 5) is 6.38. The summed E-state index contributed by atoms with van der Waals surface area (Å²) in [6, 6.07) is 2.15. The number of pyridine rings is 1. The number of nitrogens with zero attached hydrogens (tertiary/aromatic N) is 2. The molecular weight excluding hydrogens is 162 g/mol. The molecule has 1 aromatic rings. The van der Waals surface area contributed by atoms with E-state index in [-0.39, 0.29) is 0 Å². The fourth-order valence-electron chi connectivity index (χ4n) is 1.40. The molecule has 1 aromatic heterocycles. The Hall–Kier alpha value is -1.09. The predicted molar refractivity (Wildman–Crippen MR) is 56.1 cm³/mol. The molecule has 13 heavy (non-hydrogen) atoms. The number of nitrogens with two attached hydrogens (primary N) is 1. The van der Waals surface area contributed by atoms with E-state index in [4.69, 9.17) is 5.73 Å². The van der Waals surface area contributed by atoms with Crippen molar-refractivity contribution in [2.24, 2.45) is 5.73 Å². The maximum atomic E-state index is 5.47. The third kappa shape index (κ3) is 2.42. The first-order valence-electron chi connectivity index (χ1n) is 4.48. The van der Waals surface area contributed by atoms with E-state index in [1.54, 1.807) is 0 Å². The van der Waals surface area contributed by atoms with Crippen molar-refractivity contribution in [2.45, 2.75) is 13.3 Å². The zero-order chi connectivity index (χ0) is 9.84. The molecule has 1 rings (SSSR count). The summed E-state index contributed by atoms with van der Waals surface area (Å²) < 4.78 is 0. The van der Waals surface area contributed by atoms with Crippen LogP contribution in [0.5, 0.6) is 0 Å². The molecule has 0 fully saturated rings. The summed E-state index contributed by atoms with van der Waals surface area (Å²) in [6.45, 7) is 2.75. The monoisotopic (exact) mass is 179 g/mol.